The SMILES string of the molecule is C=CCNC(=O)NNc1ccccc1. The van der Waals surface area contributed by atoms with E-state index in [1.807, 2.05) is 30.3 Å². The summed E-state index contributed by atoms with van der Waals surface area (Å²) in [6.07, 6.45) is 1.61. The molecule has 0 saturated carbocycles. The number of nitrogens with one attached hydrogen (secondary N) is 3. The lowest BCUT2D eigenvalue weighted by Crippen LogP contribution is -2.38. The summed E-state index contributed by atoms with van der Waals surface area (Å²) in [6, 6.07) is 9.09. The molecule has 4 heteroatoms. The van der Waals surface area contributed by atoms with E-state index in [0.29, 0.717) is 6.54 Å². The number of amides is 2. The second kappa shape index (κ2) is 5.64. The molecule has 74 valence electrons. The number of hydrogen-bond donors (Lipinski definition) is 3. The molecule has 1 rings (SSSR count). The lowest BCUT2D eigenvalue weighted by molar-refractivity contribution is 0.244. The van der Waals surface area contributed by atoms with Crippen LogP contribution in [0, 0.1) is 0 Å². The van der Waals surface area contributed by atoms with Crippen molar-refractivity contribution in [3.8, 4) is 0 Å². The monoisotopic (exact) mass is 191 g/mol. The minimum absolute atomic E-state index is 0.284. The van der Waals surface area contributed by atoms with Crippen LogP contribution in [0.15, 0.2) is 43.0 Å². The Morgan fingerprint density at radius 1 is 1.36 bits per heavy atom. The summed E-state index contributed by atoms with van der Waals surface area (Å²) in [5, 5.41) is 2.57. The number of benzene rings is 1. The highest BCUT2D eigenvalue weighted by Crippen LogP contribution is 2.01. The van der Waals surface area contributed by atoms with Crippen LogP contribution in [-0.2, 0) is 0 Å². The molecular formula is C10H13N3O. The Bertz CT molecular complexity index is 297. The standard InChI is InChI=1S/C10H13N3O/c1-2-8-11-10(14)13-12-9-6-4-3-5-7-9/h2-7,12H,1,8H2,(H2,11,13,14). The summed E-state index contributed by atoms with van der Waals surface area (Å²) in [5.74, 6) is 0. The number of para-hydroxylation sites is 1. The molecule has 0 atom stereocenters. The molecule has 0 saturated heterocycles. The number of hydrazine groups is 1. The van der Waals surface area contributed by atoms with Gasteiger partial charge in [-0.15, -0.1) is 6.58 Å². The molecule has 0 unspecified atom stereocenters. The van der Waals surface area contributed by atoms with Gasteiger partial charge >= 0.3 is 6.03 Å². The van der Waals surface area contributed by atoms with E-state index in [9.17, 15) is 4.79 Å². The Kier molecular flexibility index (Phi) is 4.07. The van der Waals surface area contributed by atoms with Crippen molar-refractivity contribution in [3.63, 3.8) is 0 Å². The third-order valence-corrected chi connectivity index (χ3v) is 1.50. The van der Waals surface area contributed by atoms with Crippen LogP contribution in [0.1, 0.15) is 0 Å². The molecule has 0 fully saturated rings. The predicted molar refractivity (Wildman–Crippen MR) is 56.8 cm³/mol. The van der Waals surface area contributed by atoms with Crippen LogP contribution >= 0.6 is 0 Å². The maximum Gasteiger partial charge on any atom is 0.333 e. The highest BCUT2D eigenvalue weighted by Gasteiger charge is 1.95. The summed E-state index contributed by atoms with van der Waals surface area (Å²) in [5.41, 5.74) is 6.08. The van der Waals surface area contributed by atoms with Gasteiger partial charge in [0.05, 0.1) is 5.69 Å². The number of urea groups is 1. The molecule has 0 heterocycles. The normalized spacial score (nSPS) is 8.86. The number of rotatable bonds is 4. The molecular weight excluding hydrogens is 178 g/mol. The Morgan fingerprint density at radius 2 is 2.07 bits per heavy atom. The zero-order valence-corrected chi connectivity index (χ0v) is 7.79. The van der Waals surface area contributed by atoms with Gasteiger partial charge < -0.3 is 5.32 Å². The van der Waals surface area contributed by atoms with E-state index in [1.54, 1.807) is 6.08 Å². The minimum atomic E-state index is -0.284. The summed E-state index contributed by atoms with van der Waals surface area (Å²) < 4.78 is 0. The topological polar surface area (TPSA) is 53.2 Å². The lowest BCUT2D eigenvalue weighted by atomic mass is 10.3. The quantitative estimate of drug-likeness (QED) is 0.499. The number of anilines is 1. The number of carbonyl (C=O) groups is 1. The van der Waals surface area contributed by atoms with Crippen molar-refractivity contribution in [3.05, 3.63) is 43.0 Å². The molecule has 4 nitrogen and oxygen atoms in total. The van der Waals surface area contributed by atoms with Gasteiger partial charge in [-0.1, -0.05) is 24.3 Å². The van der Waals surface area contributed by atoms with E-state index < -0.39 is 0 Å². The van der Waals surface area contributed by atoms with Gasteiger partial charge in [-0.3, -0.25) is 10.9 Å². The van der Waals surface area contributed by atoms with Crippen LogP contribution in [0.5, 0.6) is 0 Å². The molecule has 3 N–H and O–H groups in total. The zero-order chi connectivity index (χ0) is 10.2. The van der Waals surface area contributed by atoms with Gasteiger partial charge in [0.15, 0.2) is 0 Å². The van der Waals surface area contributed by atoms with Crippen molar-refractivity contribution < 1.29 is 4.79 Å². The average molecular weight is 191 g/mol. The lowest BCUT2D eigenvalue weighted by Gasteiger charge is -2.08. The summed E-state index contributed by atoms with van der Waals surface area (Å²) in [7, 11) is 0. The van der Waals surface area contributed by atoms with E-state index >= 15 is 0 Å². The average Bonchev–Trinajstić information content (AvgIpc) is 2.25. The molecule has 1 aromatic carbocycles. The molecule has 0 aliphatic heterocycles. The fourth-order valence-corrected chi connectivity index (χ4v) is 0.859. The van der Waals surface area contributed by atoms with Gasteiger partial charge in [0, 0.05) is 6.54 Å². The molecule has 0 spiro atoms. The fraction of sp³-hybridized carbons (Fsp3) is 0.100. The fourth-order valence-electron chi connectivity index (χ4n) is 0.859. The maximum atomic E-state index is 11.0. The van der Waals surface area contributed by atoms with Crippen LogP contribution in [-0.4, -0.2) is 12.6 Å². The molecule has 0 bridgehead atoms. The first-order valence-electron chi connectivity index (χ1n) is 4.28. The molecule has 1 aromatic rings. The minimum Gasteiger partial charge on any atom is -0.333 e. The molecule has 0 aliphatic carbocycles. The summed E-state index contributed by atoms with van der Waals surface area (Å²) >= 11 is 0. The number of carbonyl (C=O) groups excluding carboxylic acids is 1. The van der Waals surface area contributed by atoms with Crippen molar-refractivity contribution >= 4 is 11.7 Å². The largest absolute Gasteiger partial charge is 0.333 e. The van der Waals surface area contributed by atoms with E-state index in [-0.39, 0.29) is 6.03 Å². The second-order valence-corrected chi connectivity index (χ2v) is 2.61. The van der Waals surface area contributed by atoms with Crippen LogP contribution in [0.3, 0.4) is 0 Å². The van der Waals surface area contributed by atoms with Crippen LogP contribution in [0.4, 0.5) is 10.5 Å². The van der Waals surface area contributed by atoms with Gasteiger partial charge in [0.1, 0.15) is 0 Å². The van der Waals surface area contributed by atoms with E-state index in [1.165, 1.54) is 0 Å². The van der Waals surface area contributed by atoms with Crippen LogP contribution in [0.2, 0.25) is 0 Å². The Labute approximate surface area is 83.0 Å². The molecule has 0 aromatic heterocycles. The Balaban J connectivity index is 2.27. The smallest absolute Gasteiger partial charge is 0.333 e. The van der Waals surface area contributed by atoms with Crippen molar-refractivity contribution in [2.75, 3.05) is 12.0 Å². The first-order valence-corrected chi connectivity index (χ1v) is 4.28. The Hall–Kier alpha value is -1.97. The third kappa shape index (κ3) is 3.62. The van der Waals surface area contributed by atoms with E-state index in [4.69, 9.17) is 0 Å². The molecule has 0 aliphatic rings. The van der Waals surface area contributed by atoms with Gasteiger partial charge in [0.2, 0.25) is 0 Å². The van der Waals surface area contributed by atoms with E-state index in [2.05, 4.69) is 22.7 Å². The summed E-state index contributed by atoms with van der Waals surface area (Å²) in [4.78, 5) is 11.0. The third-order valence-electron chi connectivity index (χ3n) is 1.50. The van der Waals surface area contributed by atoms with Crippen molar-refractivity contribution in [2.45, 2.75) is 0 Å². The van der Waals surface area contributed by atoms with Crippen LogP contribution < -0.4 is 16.2 Å². The van der Waals surface area contributed by atoms with Crippen molar-refractivity contribution in [2.24, 2.45) is 0 Å². The van der Waals surface area contributed by atoms with Gasteiger partial charge in [-0.25, -0.2) is 4.79 Å². The van der Waals surface area contributed by atoms with Crippen molar-refractivity contribution in [1.29, 1.82) is 0 Å². The number of hydrogen-bond acceptors (Lipinski definition) is 2. The van der Waals surface area contributed by atoms with Gasteiger partial charge in [0.25, 0.3) is 0 Å². The van der Waals surface area contributed by atoms with Gasteiger partial charge in [-0.2, -0.15) is 0 Å². The first-order chi connectivity index (χ1) is 6.83. The molecule has 0 radical (unpaired) electrons. The summed E-state index contributed by atoms with van der Waals surface area (Å²) in [6.45, 7) is 3.93. The van der Waals surface area contributed by atoms with Crippen molar-refractivity contribution in [1.82, 2.24) is 10.7 Å². The first kappa shape index (κ1) is 10.1. The predicted octanol–water partition coefficient (Wildman–Crippen LogP) is 1.50. The molecule has 14 heavy (non-hydrogen) atoms. The maximum absolute atomic E-state index is 11.0. The van der Waals surface area contributed by atoms with Crippen LogP contribution in [0.25, 0.3) is 0 Å². The highest BCUT2D eigenvalue weighted by atomic mass is 16.2. The zero-order valence-electron chi connectivity index (χ0n) is 7.79. The van der Waals surface area contributed by atoms with E-state index in [0.717, 1.165) is 5.69 Å². The highest BCUT2D eigenvalue weighted by molar-refractivity contribution is 5.75. The second-order valence-electron chi connectivity index (χ2n) is 2.61. The Morgan fingerprint density at radius 3 is 2.71 bits per heavy atom. The van der Waals surface area contributed by atoms with Gasteiger partial charge in [-0.05, 0) is 12.1 Å². The molecule has 2 amide bonds.